The number of alkyl halides is 2. The lowest BCUT2D eigenvalue weighted by atomic mass is 10.2. The van der Waals surface area contributed by atoms with Crippen LogP contribution in [0.25, 0.3) is 0 Å². The van der Waals surface area contributed by atoms with Crippen LogP contribution in [-0.2, 0) is 4.74 Å². The monoisotopic (exact) mass is 553 g/mol. The lowest BCUT2D eigenvalue weighted by Gasteiger charge is -2.38. The third-order valence-corrected chi connectivity index (χ3v) is 5.72. The number of ether oxygens (including phenoxy) is 2. The highest BCUT2D eigenvalue weighted by Crippen LogP contribution is 2.31. The Morgan fingerprint density at radius 1 is 1.32 bits per heavy atom. The van der Waals surface area contributed by atoms with E-state index in [1.165, 1.54) is 0 Å². The first kappa shape index (κ1) is 25.9. The molecule has 2 N–H and O–H groups in total. The zero-order valence-corrected chi connectivity index (χ0v) is 20.7. The van der Waals surface area contributed by atoms with Crippen molar-refractivity contribution in [2.45, 2.75) is 45.0 Å². The Bertz CT molecular complexity index is 712. The third kappa shape index (κ3) is 7.31. The van der Waals surface area contributed by atoms with E-state index in [1.54, 1.807) is 19.2 Å². The zero-order valence-electron chi connectivity index (χ0n) is 18.4. The van der Waals surface area contributed by atoms with Gasteiger partial charge in [-0.2, -0.15) is 8.78 Å². The van der Waals surface area contributed by atoms with Gasteiger partial charge in [0.25, 0.3) is 0 Å². The van der Waals surface area contributed by atoms with Crippen molar-refractivity contribution in [2.75, 3.05) is 51.3 Å². The number of hydrogen-bond acceptors (Lipinski definition) is 5. The van der Waals surface area contributed by atoms with Crippen LogP contribution in [0.1, 0.15) is 20.3 Å². The molecule has 2 fully saturated rings. The van der Waals surface area contributed by atoms with Crippen LogP contribution in [0.3, 0.4) is 0 Å². The lowest BCUT2D eigenvalue weighted by Crippen LogP contribution is -2.53. The second kappa shape index (κ2) is 12.6. The molecule has 7 nitrogen and oxygen atoms in total. The van der Waals surface area contributed by atoms with Gasteiger partial charge in [0, 0.05) is 51.4 Å². The molecule has 0 spiro atoms. The Kier molecular flexibility index (Phi) is 10.5. The molecule has 0 aromatic heterocycles. The highest BCUT2D eigenvalue weighted by Gasteiger charge is 2.27. The smallest absolute Gasteiger partial charge is 0.387 e. The molecule has 0 radical (unpaired) electrons. The number of rotatable bonds is 7. The minimum Gasteiger partial charge on any atom is -0.433 e. The molecule has 0 saturated carbocycles. The Morgan fingerprint density at radius 3 is 2.81 bits per heavy atom. The van der Waals surface area contributed by atoms with Gasteiger partial charge >= 0.3 is 6.61 Å². The molecule has 176 valence electrons. The van der Waals surface area contributed by atoms with E-state index in [0.29, 0.717) is 24.3 Å². The Hall–Kier alpha value is -1.40. The summed E-state index contributed by atoms with van der Waals surface area (Å²) in [5, 5.41) is 6.88. The molecular formula is C21H34F2IN5O2. The van der Waals surface area contributed by atoms with E-state index in [4.69, 9.17) is 4.74 Å². The maximum Gasteiger partial charge on any atom is 0.387 e. The average Bonchev–Trinajstić information content (AvgIpc) is 3.19. The fourth-order valence-electron chi connectivity index (χ4n) is 4.16. The van der Waals surface area contributed by atoms with Crippen molar-refractivity contribution < 1.29 is 18.3 Å². The number of benzene rings is 1. The Labute approximate surface area is 200 Å². The molecule has 3 unspecified atom stereocenters. The van der Waals surface area contributed by atoms with Crippen LogP contribution in [0.5, 0.6) is 5.75 Å². The molecule has 2 saturated heterocycles. The minimum absolute atomic E-state index is 0. The van der Waals surface area contributed by atoms with Crippen LogP contribution < -0.4 is 20.3 Å². The Balaban J connectivity index is 0.00000341. The van der Waals surface area contributed by atoms with Gasteiger partial charge in [0.2, 0.25) is 0 Å². The summed E-state index contributed by atoms with van der Waals surface area (Å²) in [6.45, 7) is 6.29. The summed E-state index contributed by atoms with van der Waals surface area (Å²) in [6.07, 6.45) is 0.889. The molecule has 31 heavy (non-hydrogen) atoms. The van der Waals surface area contributed by atoms with E-state index in [9.17, 15) is 8.78 Å². The van der Waals surface area contributed by atoms with Crippen molar-refractivity contribution >= 4 is 35.6 Å². The first-order chi connectivity index (χ1) is 14.5. The molecule has 3 rings (SSSR count). The predicted molar refractivity (Wildman–Crippen MR) is 130 cm³/mol. The SMILES string of the molecule is CN=C(NCC(C)N1CCOCC1C)NC1CCN(c2ccccc2OC(F)F)C1.I. The highest BCUT2D eigenvalue weighted by atomic mass is 127. The molecule has 0 amide bonds. The number of nitrogens with zero attached hydrogens (tertiary/aromatic N) is 3. The topological polar surface area (TPSA) is 61.4 Å². The van der Waals surface area contributed by atoms with E-state index in [1.807, 2.05) is 12.1 Å². The van der Waals surface area contributed by atoms with Crippen molar-refractivity contribution in [3.63, 3.8) is 0 Å². The number of morpholine rings is 1. The zero-order chi connectivity index (χ0) is 21.5. The van der Waals surface area contributed by atoms with Gasteiger partial charge in [0.05, 0.1) is 18.9 Å². The highest BCUT2D eigenvalue weighted by molar-refractivity contribution is 14.0. The molecule has 1 aromatic carbocycles. The van der Waals surface area contributed by atoms with Crippen molar-refractivity contribution in [1.29, 1.82) is 0 Å². The lowest BCUT2D eigenvalue weighted by molar-refractivity contribution is -0.0495. The van der Waals surface area contributed by atoms with E-state index < -0.39 is 6.61 Å². The summed E-state index contributed by atoms with van der Waals surface area (Å²) in [5.74, 6) is 0.968. The van der Waals surface area contributed by atoms with Gasteiger partial charge in [-0.3, -0.25) is 9.89 Å². The van der Waals surface area contributed by atoms with E-state index >= 15 is 0 Å². The normalized spacial score (nSPS) is 23.4. The largest absolute Gasteiger partial charge is 0.433 e. The van der Waals surface area contributed by atoms with Gasteiger partial charge in [-0.15, -0.1) is 24.0 Å². The summed E-state index contributed by atoms with van der Waals surface area (Å²) in [4.78, 5) is 8.87. The molecule has 1 aromatic rings. The van der Waals surface area contributed by atoms with Gasteiger partial charge in [-0.1, -0.05) is 12.1 Å². The molecular weight excluding hydrogens is 519 g/mol. The van der Waals surface area contributed by atoms with Gasteiger partial charge in [0.1, 0.15) is 5.75 Å². The van der Waals surface area contributed by atoms with Crippen molar-refractivity contribution in [2.24, 2.45) is 4.99 Å². The summed E-state index contributed by atoms with van der Waals surface area (Å²) in [6, 6.07) is 7.88. The maximum atomic E-state index is 12.7. The van der Waals surface area contributed by atoms with Crippen LogP contribution in [-0.4, -0.2) is 82.0 Å². The molecule has 0 aliphatic carbocycles. The van der Waals surface area contributed by atoms with Crippen LogP contribution in [0.2, 0.25) is 0 Å². The first-order valence-electron chi connectivity index (χ1n) is 10.6. The van der Waals surface area contributed by atoms with Gasteiger partial charge in [-0.25, -0.2) is 0 Å². The van der Waals surface area contributed by atoms with Crippen molar-refractivity contribution in [1.82, 2.24) is 15.5 Å². The maximum absolute atomic E-state index is 12.7. The van der Waals surface area contributed by atoms with Crippen LogP contribution in [0, 0.1) is 0 Å². The summed E-state index contributed by atoms with van der Waals surface area (Å²) in [5.41, 5.74) is 0.694. The number of nitrogens with one attached hydrogen (secondary N) is 2. The molecule has 3 atom stereocenters. The number of para-hydroxylation sites is 2. The fourth-order valence-corrected chi connectivity index (χ4v) is 4.16. The van der Waals surface area contributed by atoms with E-state index in [2.05, 4.69) is 44.0 Å². The quantitative estimate of drug-likeness (QED) is 0.308. The molecule has 0 bridgehead atoms. The van der Waals surface area contributed by atoms with E-state index in [0.717, 1.165) is 45.2 Å². The number of halogens is 3. The summed E-state index contributed by atoms with van der Waals surface area (Å²) >= 11 is 0. The average molecular weight is 553 g/mol. The van der Waals surface area contributed by atoms with Crippen molar-refractivity contribution in [3.8, 4) is 5.75 Å². The summed E-state index contributed by atoms with van der Waals surface area (Å²) in [7, 11) is 1.76. The van der Waals surface area contributed by atoms with E-state index in [-0.39, 0.29) is 35.8 Å². The van der Waals surface area contributed by atoms with Gasteiger partial charge < -0.3 is 25.0 Å². The minimum atomic E-state index is -2.83. The molecule has 2 heterocycles. The van der Waals surface area contributed by atoms with Gasteiger partial charge in [-0.05, 0) is 32.4 Å². The number of aliphatic imine (C=N–C) groups is 1. The second-order valence-electron chi connectivity index (χ2n) is 7.89. The van der Waals surface area contributed by atoms with Gasteiger partial charge in [0.15, 0.2) is 5.96 Å². The summed E-state index contributed by atoms with van der Waals surface area (Å²) < 4.78 is 35.6. The number of anilines is 1. The van der Waals surface area contributed by atoms with Crippen LogP contribution >= 0.6 is 24.0 Å². The van der Waals surface area contributed by atoms with Crippen molar-refractivity contribution in [3.05, 3.63) is 24.3 Å². The number of guanidine groups is 1. The second-order valence-corrected chi connectivity index (χ2v) is 7.89. The Morgan fingerprint density at radius 2 is 2.10 bits per heavy atom. The third-order valence-electron chi connectivity index (χ3n) is 5.72. The predicted octanol–water partition coefficient (Wildman–Crippen LogP) is 2.76. The molecule has 10 heteroatoms. The molecule has 2 aliphatic heterocycles. The first-order valence-corrected chi connectivity index (χ1v) is 10.6. The molecule has 2 aliphatic rings. The fraction of sp³-hybridized carbons (Fsp3) is 0.667. The van der Waals surface area contributed by atoms with Crippen LogP contribution in [0.4, 0.5) is 14.5 Å². The number of hydrogen-bond donors (Lipinski definition) is 2. The standard InChI is InChI=1S/C21H33F2N5O2.HI/c1-15(28-10-11-29-14-16(28)2)12-25-21(24-3)26-17-8-9-27(13-17)18-6-4-5-7-19(18)30-20(22)23;/h4-7,15-17,20H,8-14H2,1-3H3,(H2,24,25,26);1H. The van der Waals surface area contributed by atoms with Crippen LogP contribution in [0.15, 0.2) is 29.3 Å².